The van der Waals surface area contributed by atoms with E-state index in [9.17, 15) is 4.79 Å². The molecule has 0 atom stereocenters. The van der Waals surface area contributed by atoms with Crippen molar-refractivity contribution in [2.45, 2.75) is 69.5 Å². The molecular formula is C15H22N2OS. The Balaban J connectivity index is 1.94. The van der Waals surface area contributed by atoms with E-state index in [1.807, 2.05) is 11.8 Å². The fraction of sp³-hybridized carbons (Fsp3) is 0.733. The van der Waals surface area contributed by atoms with E-state index in [-0.39, 0.29) is 10.7 Å². The van der Waals surface area contributed by atoms with Crippen LogP contribution < -0.4 is 5.32 Å². The summed E-state index contributed by atoms with van der Waals surface area (Å²) in [4.78, 5) is 16.0. The van der Waals surface area contributed by atoms with Crippen LogP contribution in [0.1, 0.15) is 64.7 Å². The minimum absolute atomic E-state index is 0.00271. The van der Waals surface area contributed by atoms with Gasteiger partial charge in [-0.1, -0.05) is 31.0 Å². The highest BCUT2D eigenvalue weighted by molar-refractivity contribution is 8.15. The van der Waals surface area contributed by atoms with E-state index >= 15 is 0 Å². The molecule has 3 rings (SSSR count). The van der Waals surface area contributed by atoms with Gasteiger partial charge in [0.25, 0.3) is 0 Å². The summed E-state index contributed by atoms with van der Waals surface area (Å²) in [6, 6.07) is 0. The third-order valence-electron chi connectivity index (χ3n) is 4.46. The number of thioether (sulfide) groups is 1. The van der Waals surface area contributed by atoms with Crippen LogP contribution >= 0.6 is 11.8 Å². The highest BCUT2D eigenvalue weighted by Crippen LogP contribution is 2.52. The molecule has 3 aliphatic rings. The van der Waals surface area contributed by atoms with Crippen LogP contribution in [0.4, 0.5) is 0 Å². The van der Waals surface area contributed by atoms with Crippen molar-refractivity contribution < 1.29 is 4.79 Å². The fourth-order valence-corrected chi connectivity index (χ4v) is 5.18. The van der Waals surface area contributed by atoms with Gasteiger partial charge >= 0.3 is 0 Å². The Morgan fingerprint density at radius 1 is 1.16 bits per heavy atom. The second kappa shape index (κ2) is 5.31. The Morgan fingerprint density at radius 3 is 2.63 bits per heavy atom. The van der Waals surface area contributed by atoms with Crippen molar-refractivity contribution in [1.29, 1.82) is 0 Å². The van der Waals surface area contributed by atoms with E-state index in [0.717, 1.165) is 11.6 Å². The van der Waals surface area contributed by atoms with Crippen LogP contribution in [-0.4, -0.2) is 15.8 Å². The third-order valence-corrected chi connectivity index (χ3v) is 5.89. The van der Waals surface area contributed by atoms with Crippen molar-refractivity contribution in [3.63, 3.8) is 0 Å². The van der Waals surface area contributed by atoms with Gasteiger partial charge in [0.2, 0.25) is 5.91 Å². The Labute approximate surface area is 119 Å². The highest BCUT2D eigenvalue weighted by atomic mass is 32.2. The van der Waals surface area contributed by atoms with Crippen LogP contribution in [0, 0.1) is 0 Å². The fourth-order valence-electron chi connectivity index (χ4n) is 3.63. The number of carbonyl (C=O) groups excluding carboxylic acids is 1. The highest BCUT2D eigenvalue weighted by Gasteiger charge is 2.42. The van der Waals surface area contributed by atoms with Crippen LogP contribution in [0.3, 0.4) is 0 Å². The number of carbonyl (C=O) groups is 1. The number of fused-ring (bicyclic) bond motifs is 1. The minimum atomic E-state index is -0.00271. The summed E-state index contributed by atoms with van der Waals surface area (Å²) in [5.74, 6) is -0.00271. The molecule has 1 amide bonds. The lowest BCUT2D eigenvalue weighted by Crippen LogP contribution is -2.40. The SMILES string of the molecule is CC(=O)NC1=NC2=C(CCCC2)C2(CCCCC2)S1. The average Bonchev–Trinajstić information content (AvgIpc) is 2.39. The molecule has 0 bridgehead atoms. The van der Waals surface area contributed by atoms with E-state index in [4.69, 9.17) is 4.99 Å². The van der Waals surface area contributed by atoms with Gasteiger partial charge in [-0.3, -0.25) is 4.79 Å². The van der Waals surface area contributed by atoms with Crippen LogP contribution in [0.25, 0.3) is 0 Å². The summed E-state index contributed by atoms with van der Waals surface area (Å²) >= 11 is 1.83. The molecule has 1 saturated carbocycles. The summed E-state index contributed by atoms with van der Waals surface area (Å²) in [5.41, 5.74) is 2.90. The molecule has 1 heterocycles. The Bertz CT molecular complexity index is 447. The molecule has 3 nitrogen and oxygen atoms in total. The molecule has 0 saturated heterocycles. The molecule has 0 radical (unpaired) electrons. The number of rotatable bonds is 0. The number of allylic oxidation sites excluding steroid dienone is 1. The zero-order valence-corrected chi connectivity index (χ0v) is 12.4. The summed E-state index contributed by atoms with van der Waals surface area (Å²) in [7, 11) is 0. The third kappa shape index (κ3) is 2.60. The van der Waals surface area contributed by atoms with E-state index in [0.29, 0.717) is 0 Å². The van der Waals surface area contributed by atoms with Crippen LogP contribution in [0.2, 0.25) is 0 Å². The number of hydrogen-bond acceptors (Lipinski definition) is 3. The molecule has 104 valence electrons. The maximum Gasteiger partial charge on any atom is 0.222 e. The Morgan fingerprint density at radius 2 is 1.89 bits per heavy atom. The molecule has 2 aliphatic carbocycles. The molecule has 4 heteroatoms. The molecule has 0 aromatic carbocycles. The average molecular weight is 278 g/mol. The lowest BCUT2D eigenvalue weighted by Gasteiger charge is -2.43. The summed E-state index contributed by atoms with van der Waals surface area (Å²) in [6.07, 6.45) is 11.4. The number of nitrogens with zero attached hydrogens (tertiary/aromatic N) is 1. The first-order valence-electron chi connectivity index (χ1n) is 7.47. The van der Waals surface area contributed by atoms with Gasteiger partial charge < -0.3 is 5.32 Å². The standard InChI is InChI=1S/C15H22N2OS/c1-11(18)16-14-17-13-8-4-3-7-12(13)15(19-14)9-5-2-6-10-15/h2-10H2,1H3,(H,16,17,18). The number of amides is 1. The van der Waals surface area contributed by atoms with Crippen LogP contribution in [-0.2, 0) is 4.79 Å². The molecule has 19 heavy (non-hydrogen) atoms. The summed E-state index contributed by atoms with van der Waals surface area (Å²) < 4.78 is 0.257. The number of amidine groups is 1. The predicted octanol–water partition coefficient (Wildman–Crippen LogP) is 3.76. The van der Waals surface area contributed by atoms with Gasteiger partial charge in [0, 0.05) is 17.4 Å². The van der Waals surface area contributed by atoms with Crippen molar-refractivity contribution in [2.24, 2.45) is 4.99 Å². The van der Waals surface area contributed by atoms with Gasteiger partial charge in [0.15, 0.2) is 5.17 Å². The molecule has 0 aromatic rings. The molecule has 1 aliphatic heterocycles. The number of aliphatic imine (C=N–C) groups is 1. The first-order valence-corrected chi connectivity index (χ1v) is 8.29. The van der Waals surface area contributed by atoms with E-state index in [1.54, 1.807) is 12.5 Å². The first kappa shape index (κ1) is 13.2. The predicted molar refractivity (Wildman–Crippen MR) is 80.2 cm³/mol. The molecule has 0 aromatic heterocycles. The summed E-state index contributed by atoms with van der Waals surface area (Å²) in [5, 5.41) is 3.77. The largest absolute Gasteiger partial charge is 0.305 e. The van der Waals surface area contributed by atoms with Crippen LogP contribution in [0.5, 0.6) is 0 Å². The molecule has 1 fully saturated rings. The first-order chi connectivity index (χ1) is 9.20. The lowest BCUT2D eigenvalue weighted by atomic mass is 9.77. The van der Waals surface area contributed by atoms with Gasteiger partial charge in [-0.25, -0.2) is 4.99 Å². The Hall–Kier alpha value is -0.770. The van der Waals surface area contributed by atoms with Gasteiger partial charge in [-0.2, -0.15) is 0 Å². The normalized spacial score (nSPS) is 25.8. The number of hydrogen-bond donors (Lipinski definition) is 1. The minimum Gasteiger partial charge on any atom is -0.305 e. The van der Waals surface area contributed by atoms with Gasteiger partial charge in [0.05, 0.1) is 0 Å². The molecule has 0 unspecified atom stereocenters. The zero-order chi connectivity index (χ0) is 13.3. The number of nitrogens with one attached hydrogen (secondary N) is 1. The van der Waals surface area contributed by atoms with Crippen molar-refractivity contribution in [3.8, 4) is 0 Å². The van der Waals surface area contributed by atoms with Crippen molar-refractivity contribution in [2.75, 3.05) is 0 Å². The monoisotopic (exact) mass is 278 g/mol. The zero-order valence-electron chi connectivity index (χ0n) is 11.6. The molecular weight excluding hydrogens is 256 g/mol. The maximum atomic E-state index is 11.3. The van der Waals surface area contributed by atoms with Gasteiger partial charge in [-0.15, -0.1) is 0 Å². The lowest BCUT2D eigenvalue weighted by molar-refractivity contribution is -0.117. The molecule has 1 N–H and O–H groups in total. The summed E-state index contributed by atoms with van der Waals surface area (Å²) in [6.45, 7) is 1.57. The smallest absolute Gasteiger partial charge is 0.222 e. The van der Waals surface area contributed by atoms with E-state index in [1.165, 1.54) is 57.1 Å². The maximum absolute atomic E-state index is 11.3. The van der Waals surface area contributed by atoms with E-state index in [2.05, 4.69) is 5.32 Å². The Kier molecular flexibility index (Phi) is 3.70. The quantitative estimate of drug-likeness (QED) is 0.733. The van der Waals surface area contributed by atoms with Crippen LogP contribution in [0.15, 0.2) is 16.3 Å². The van der Waals surface area contributed by atoms with Crippen molar-refractivity contribution in [3.05, 3.63) is 11.3 Å². The topological polar surface area (TPSA) is 41.5 Å². The van der Waals surface area contributed by atoms with Gasteiger partial charge in [-0.05, 0) is 44.1 Å². The van der Waals surface area contributed by atoms with Gasteiger partial charge in [0.1, 0.15) is 0 Å². The molecule has 1 spiro atoms. The van der Waals surface area contributed by atoms with E-state index < -0.39 is 0 Å². The van der Waals surface area contributed by atoms with Crippen molar-refractivity contribution >= 4 is 22.8 Å². The second-order valence-corrected chi connectivity index (χ2v) is 7.26. The second-order valence-electron chi connectivity index (χ2n) is 5.89. The van der Waals surface area contributed by atoms with Crippen molar-refractivity contribution in [1.82, 2.24) is 5.32 Å².